The zero-order chi connectivity index (χ0) is 15.2. The number of hydrogen-bond donors (Lipinski definition) is 1. The molecule has 1 aliphatic heterocycles. The molecule has 0 saturated carbocycles. The third-order valence-corrected chi connectivity index (χ3v) is 3.38. The average molecular weight is 293 g/mol. The third kappa shape index (κ3) is 4.81. The molecule has 4 heteroatoms. The number of rotatable bonds is 8. The van der Waals surface area contributed by atoms with Gasteiger partial charge in [0.05, 0.1) is 6.61 Å². The molecule has 0 radical (unpaired) electrons. The second kappa shape index (κ2) is 7.55. The third-order valence-electron chi connectivity index (χ3n) is 3.38. The van der Waals surface area contributed by atoms with Crippen LogP contribution in [0, 0.1) is 11.8 Å². The van der Waals surface area contributed by atoms with Crippen molar-refractivity contribution in [3.63, 3.8) is 0 Å². The number of fused-ring (bicyclic) bond motifs is 1. The van der Waals surface area contributed by atoms with Crippen LogP contribution in [-0.4, -0.2) is 19.9 Å². The van der Waals surface area contributed by atoms with Crippen LogP contribution in [0.1, 0.15) is 39.7 Å². The summed E-state index contributed by atoms with van der Waals surface area (Å²) in [6, 6.07) is 3.98. The van der Waals surface area contributed by atoms with Gasteiger partial charge in [0, 0.05) is 18.2 Å². The van der Waals surface area contributed by atoms with Crippen LogP contribution in [0.3, 0.4) is 0 Å². The summed E-state index contributed by atoms with van der Waals surface area (Å²) in [5.41, 5.74) is 1.13. The van der Waals surface area contributed by atoms with Crippen LogP contribution < -0.4 is 19.5 Å². The molecule has 21 heavy (non-hydrogen) atoms. The maximum absolute atomic E-state index is 5.96. The van der Waals surface area contributed by atoms with Crippen LogP contribution in [0.5, 0.6) is 17.2 Å². The average Bonchev–Trinajstić information content (AvgIpc) is 2.85. The van der Waals surface area contributed by atoms with E-state index in [1.54, 1.807) is 0 Å². The smallest absolute Gasteiger partial charge is 0.231 e. The molecule has 0 fully saturated rings. The fraction of sp³-hybridized carbons (Fsp3) is 0.647. The van der Waals surface area contributed by atoms with E-state index in [1.165, 1.54) is 0 Å². The topological polar surface area (TPSA) is 39.7 Å². The van der Waals surface area contributed by atoms with Crippen LogP contribution in [-0.2, 0) is 6.54 Å². The lowest BCUT2D eigenvalue weighted by atomic mass is 10.1. The fourth-order valence-corrected chi connectivity index (χ4v) is 2.14. The van der Waals surface area contributed by atoms with Crippen molar-refractivity contribution in [3.8, 4) is 17.2 Å². The van der Waals surface area contributed by atoms with E-state index in [0.29, 0.717) is 18.6 Å². The molecule has 1 aromatic rings. The molecule has 1 aliphatic rings. The maximum atomic E-state index is 5.96. The molecule has 1 heterocycles. The molecule has 0 aromatic heterocycles. The highest BCUT2D eigenvalue weighted by Gasteiger charge is 2.18. The summed E-state index contributed by atoms with van der Waals surface area (Å²) in [6.45, 7) is 11.6. The van der Waals surface area contributed by atoms with Crippen LogP contribution in [0.25, 0.3) is 0 Å². The summed E-state index contributed by atoms with van der Waals surface area (Å²) in [7, 11) is 0. The summed E-state index contributed by atoms with van der Waals surface area (Å²) in [5.74, 6) is 3.76. The van der Waals surface area contributed by atoms with Gasteiger partial charge in [0.25, 0.3) is 0 Å². The Hall–Kier alpha value is -1.42. The quantitative estimate of drug-likeness (QED) is 0.795. The lowest BCUT2D eigenvalue weighted by molar-refractivity contribution is 0.173. The van der Waals surface area contributed by atoms with Gasteiger partial charge in [-0.05, 0) is 30.9 Å². The molecule has 0 unspecified atom stereocenters. The van der Waals surface area contributed by atoms with E-state index in [1.807, 2.05) is 12.1 Å². The van der Waals surface area contributed by atoms with Crippen LogP contribution in [0.2, 0.25) is 0 Å². The van der Waals surface area contributed by atoms with Gasteiger partial charge in [-0.3, -0.25) is 0 Å². The molecule has 118 valence electrons. The van der Waals surface area contributed by atoms with E-state index in [2.05, 4.69) is 33.0 Å². The number of nitrogens with one attached hydrogen (secondary N) is 1. The predicted molar refractivity (Wildman–Crippen MR) is 84.1 cm³/mol. The lowest BCUT2D eigenvalue weighted by Crippen LogP contribution is -2.19. The zero-order valence-corrected chi connectivity index (χ0v) is 13.6. The number of benzene rings is 1. The molecule has 0 atom stereocenters. The molecule has 0 saturated heterocycles. The monoisotopic (exact) mass is 293 g/mol. The SMILES string of the molecule is CC(C)CCOc1cc2c(cc1CNCC(C)C)OCO2. The lowest BCUT2D eigenvalue weighted by Gasteiger charge is -2.15. The van der Waals surface area contributed by atoms with Crippen molar-refractivity contribution in [3.05, 3.63) is 17.7 Å². The van der Waals surface area contributed by atoms with Crippen molar-refractivity contribution in [2.75, 3.05) is 19.9 Å². The summed E-state index contributed by atoms with van der Waals surface area (Å²) >= 11 is 0. The van der Waals surface area contributed by atoms with Gasteiger partial charge in [-0.1, -0.05) is 27.7 Å². The molecule has 1 aromatic carbocycles. The normalized spacial score (nSPS) is 13.2. The molecular weight excluding hydrogens is 266 g/mol. The molecule has 2 rings (SSSR count). The first-order valence-corrected chi connectivity index (χ1v) is 7.82. The molecule has 0 aliphatic carbocycles. The highest BCUT2D eigenvalue weighted by atomic mass is 16.7. The summed E-state index contributed by atoms with van der Waals surface area (Å²) in [6.07, 6.45) is 1.05. The molecule has 1 N–H and O–H groups in total. The molecule has 0 bridgehead atoms. The number of hydrogen-bond acceptors (Lipinski definition) is 4. The van der Waals surface area contributed by atoms with Gasteiger partial charge in [-0.2, -0.15) is 0 Å². The van der Waals surface area contributed by atoms with Crippen LogP contribution in [0.4, 0.5) is 0 Å². The Morgan fingerprint density at radius 2 is 1.81 bits per heavy atom. The Kier molecular flexibility index (Phi) is 5.74. The molecule has 4 nitrogen and oxygen atoms in total. The van der Waals surface area contributed by atoms with Crippen molar-refractivity contribution in [1.82, 2.24) is 5.32 Å². The van der Waals surface area contributed by atoms with Crippen molar-refractivity contribution < 1.29 is 14.2 Å². The minimum absolute atomic E-state index is 0.295. The van der Waals surface area contributed by atoms with Crippen LogP contribution >= 0.6 is 0 Å². The van der Waals surface area contributed by atoms with Gasteiger partial charge in [-0.15, -0.1) is 0 Å². The van der Waals surface area contributed by atoms with E-state index in [9.17, 15) is 0 Å². The van der Waals surface area contributed by atoms with E-state index in [-0.39, 0.29) is 0 Å². The minimum atomic E-state index is 0.295. The van der Waals surface area contributed by atoms with Gasteiger partial charge >= 0.3 is 0 Å². The van der Waals surface area contributed by atoms with Gasteiger partial charge in [0.2, 0.25) is 6.79 Å². The second-order valence-corrected chi connectivity index (χ2v) is 6.37. The Morgan fingerprint density at radius 1 is 1.10 bits per heavy atom. The van der Waals surface area contributed by atoms with Gasteiger partial charge in [0.15, 0.2) is 11.5 Å². The first kappa shape index (κ1) is 16.0. The predicted octanol–water partition coefficient (Wildman–Crippen LogP) is 3.59. The van der Waals surface area contributed by atoms with E-state index in [0.717, 1.165) is 48.9 Å². The number of ether oxygens (including phenoxy) is 3. The van der Waals surface area contributed by atoms with Gasteiger partial charge < -0.3 is 19.5 Å². The van der Waals surface area contributed by atoms with E-state index in [4.69, 9.17) is 14.2 Å². The molecular formula is C17H27NO3. The second-order valence-electron chi connectivity index (χ2n) is 6.37. The Balaban J connectivity index is 2.04. The largest absolute Gasteiger partial charge is 0.493 e. The van der Waals surface area contributed by atoms with Gasteiger partial charge in [0.1, 0.15) is 5.75 Å². The van der Waals surface area contributed by atoms with E-state index >= 15 is 0 Å². The molecule has 0 amide bonds. The van der Waals surface area contributed by atoms with Crippen LogP contribution in [0.15, 0.2) is 12.1 Å². The first-order valence-electron chi connectivity index (χ1n) is 7.82. The molecule has 0 spiro atoms. The van der Waals surface area contributed by atoms with Crippen molar-refractivity contribution in [1.29, 1.82) is 0 Å². The van der Waals surface area contributed by atoms with Crippen molar-refractivity contribution in [2.45, 2.75) is 40.7 Å². The van der Waals surface area contributed by atoms with E-state index < -0.39 is 0 Å². The highest BCUT2D eigenvalue weighted by Crippen LogP contribution is 2.38. The van der Waals surface area contributed by atoms with Gasteiger partial charge in [-0.25, -0.2) is 0 Å². The maximum Gasteiger partial charge on any atom is 0.231 e. The first-order chi connectivity index (χ1) is 10.1. The summed E-state index contributed by atoms with van der Waals surface area (Å²) < 4.78 is 16.9. The highest BCUT2D eigenvalue weighted by molar-refractivity contribution is 5.51. The Bertz CT molecular complexity index is 417. The minimum Gasteiger partial charge on any atom is -0.493 e. The fourth-order valence-electron chi connectivity index (χ4n) is 2.14. The summed E-state index contributed by atoms with van der Waals surface area (Å²) in [4.78, 5) is 0. The zero-order valence-electron chi connectivity index (χ0n) is 13.6. The standard InChI is InChI=1S/C17H27NO3/c1-12(2)5-6-19-15-8-17-16(20-11-21-17)7-14(15)10-18-9-13(3)4/h7-8,12-13,18H,5-6,9-11H2,1-4H3. The van der Waals surface area contributed by atoms with Crippen molar-refractivity contribution >= 4 is 0 Å². The summed E-state index contributed by atoms with van der Waals surface area (Å²) in [5, 5.41) is 3.46. The van der Waals surface area contributed by atoms with Crippen molar-refractivity contribution in [2.24, 2.45) is 11.8 Å². The Morgan fingerprint density at radius 3 is 2.48 bits per heavy atom. The Labute approximate surface area is 127 Å².